The molecule has 0 aromatic carbocycles. The fourth-order valence-electron chi connectivity index (χ4n) is 1.81. The summed E-state index contributed by atoms with van der Waals surface area (Å²) in [6, 6.07) is 0. The van der Waals surface area contributed by atoms with Crippen molar-refractivity contribution in [3.8, 4) is 0 Å². The molecule has 8 heteroatoms. The van der Waals surface area contributed by atoms with Gasteiger partial charge in [0.2, 0.25) is 5.28 Å². The zero-order chi connectivity index (χ0) is 13.0. The first-order valence-corrected chi connectivity index (χ1v) is 6.58. The zero-order valence-corrected chi connectivity index (χ0v) is 11.6. The summed E-state index contributed by atoms with van der Waals surface area (Å²) in [6.07, 6.45) is 0.114. The van der Waals surface area contributed by atoms with Gasteiger partial charge in [-0.3, -0.25) is 4.90 Å². The molecule has 0 aliphatic carbocycles. The number of morpholine rings is 1. The van der Waals surface area contributed by atoms with Gasteiger partial charge in [-0.05, 0) is 18.1 Å². The van der Waals surface area contributed by atoms with Crippen LogP contribution in [0.5, 0.6) is 0 Å². The Hall–Kier alpha value is -0.690. The second-order valence-corrected chi connectivity index (χ2v) is 4.68. The SMILES string of the molecule is CCN1CCOC(CNc2nc(Cl)nnc2Cl)C1. The van der Waals surface area contributed by atoms with E-state index in [1.54, 1.807) is 0 Å². The monoisotopic (exact) mass is 291 g/mol. The molecule has 0 saturated carbocycles. The summed E-state index contributed by atoms with van der Waals surface area (Å²) in [5.41, 5.74) is 0. The highest BCUT2D eigenvalue weighted by atomic mass is 35.5. The van der Waals surface area contributed by atoms with Crippen LogP contribution in [0.1, 0.15) is 6.92 Å². The van der Waals surface area contributed by atoms with Crippen molar-refractivity contribution >= 4 is 29.0 Å². The highest BCUT2D eigenvalue weighted by Gasteiger charge is 2.19. The first-order valence-electron chi connectivity index (χ1n) is 5.82. The van der Waals surface area contributed by atoms with E-state index in [1.807, 2.05) is 0 Å². The predicted molar refractivity (Wildman–Crippen MR) is 70.2 cm³/mol. The van der Waals surface area contributed by atoms with Gasteiger partial charge in [0.15, 0.2) is 11.0 Å². The van der Waals surface area contributed by atoms with Gasteiger partial charge in [-0.1, -0.05) is 18.5 Å². The van der Waals surface area contributed by atoms with E-state index in [-0.39, 0.29) is 16.5 Å². The lowest BCUT2D eigenvalue weighted by molar-refractivity contribution is -0.0192. The molecule has 100 valence electrons. The van der Waals surface area contributed by atoms with Crippen molar-refractivity contribution in [2.24, 2.45) is 0 Å². The Morgan fingerprint density at radius 3 is 3.06 bits per heavy atom. The van der Waals surface area contributed by atoms with E-state index in [2.05, 4.69) is 32.3 Å². The van der Waals surface area contributed by atoms with E-state index in [4.69, 9.17) is 27.9 Å². The molecule has 0 amide bonds. The average molecular weight is 292 g/mol. The maximum absolute atomic E-state index is 5.86. The van der Waals surface area contributed by atoms with Crippen LogP contribution in [-0.4, -0.2) is 59.0 Å². The number of nitrogens with zero attached hydrogens (tertiary/aromatic N) is 4. The van der Waals surface area contributed by atoms with E-state index in [9.17, 15) is 0 Å². The minimum atomic E-state index is 0.0710. The number of hydrogen-bond donors (Lipinski definition) is 1. The molecule has 1 N–H and O–H groups in total. The Labute approximate surface area is 116 Å². The second kappa shape index (κ2) is 6.47. The summed E-state index contributed by atoms with van der Waals surface area (Å²) in [6.45, 7) is 6.41. The Morgan fingerprint density at radius 2 is 2.28 bits per heavy atom. The molecule has 1 fully saturated rings. The normalized spacial score (nSPS) is 20.9. The molecule has 1 aliphatic heterocycles. The lowest BCUT2D eigenvalue weighted by atomic mass is 10.2. The van der Waals surface area contributed by atoms with Gasteiger partial charge in [-0.25, -0.2) is 0 Å². The summed E-state index contributed by atoms with van der Waals surface area (Å²) in [7, 11) is 0. The van der Waals surface area contributed by atoms with Gasteiger partial charge in [0.25, 0.3) is 0 Å². The number of halogens is 2. The molecule has 0 radical (unpaired) electrons. The zero-order valence-electron chi connectivity index (χ0n) is 10.1. The van der Waals surface area contributed by atoms with Crippen LogP contribution in [-0.2, 0) is 4.74 Å². The third kappa shape index (κ3) is 3.65. The van der Waals surface area contributed by atoms with Crippen LogP contribution in [0.15, 0.2) is 0 Å². The fourth-order valence-corrected chi connectivity index (χ4v) is 2.08. The van der Waals surface area contributed by atoms with E-state index in [0.717, 1.165) is 26.2 Å². The summed E-state index contributed by atoms with van der Waals surface area (Å²) >= 11 is 11.5. The third-order valence-electron chi connectivity index (χ3n) is 2.79. The highest BCUT2D eigenvalue weighted by molar-refractivity contribution is 6.32. The van der Waals surface area contributed by atoms with Crippen LogP contribution in [0.25, 0.3) is 0 Å². The molecule has 2 rings (SSSR count). The van der Waals surface area contributed by atoms with E-state index in [0.29, 0.717) is 12.4 Å². The average Bonchev–Trinajstić information content (AvgIpc) is 2.40. The van der Waals surface area contributed by atoms with Crippen LogP contribution >= 0.6 is 23.2 Å². The Bertz CT molecular complexity index is 406. The maximum Gasteiger partial charge on any atom is 0.245 e. The van der Waals surface area contributed by atoms with Crippen molar-refractivity contribution in [3.05, 3.63) is 10.4 Å². The van der Waals surface area contributed by atoms with E-state index < -0.39 is 0 Å². The maximum atomic E-state index is 5.86. The summed E-state index contributed by atoms with van der Waals surface area (Å²) in [4.78, 5) is 6.31. The molecule has 2 heterocycles. The Balaban J connectivity index is 1.89. The van der Waals surface area contributed by atoms with Crippen molar-refractivity contribution < 1.29 is 4.74 Å². The van der Waals surface area contributed by atoms with Gasteiger partial charge in [0.1, 0.15) is 0 Å². The van der Waals surface area contributed by atoms with Gasteiger partial charge in [0.05, 0.1) is 12.7 Å². The Morgan fingerprint density at radius 1 is 1.44 bits per heavy atom. The van der Waals surface area contributed by atoms with Crippen LogP contribution in [0.2, 0.25) is 10.4 Å². The number of ether oxygens (including phenoxy) is 1. The lowest BCUT2D eigenvalue weighted by Crippen LogP contribution is -2.45. The minimum Gasteiger partial charge on any atom is -0.374 e. The number of likely N-dealkylation sites (N-methyl/N-ethyl adjacent to an activating group) is 1. The molecule has 6 nitrogen and oxygen atoms in total. The molecule has 1 aromatic rings. The molecule has 1 atom stereocenters. The quantitative estimate of drug-likeness (QED) is 0.903. The van der Waals surface area contributed by atoms with Crippen LogP contribution in [0, 0.1) is 0 Å². The van der Waals surface area contributed by atoms with Gasteiger partial charge in [-0.2, -0.15) is 4.98 Å². The summed E-state index contributed by atoms with van der Waals surface area (Å²) < 4.78 is 5.66. The molecule has 0 bridgehead atoms. The lowest BCUT2D eigenvalue weighted by Gasteiger charge is -2.32. The van der Waals surface area contributed by atoms with E-state index in [1.165, 1.54) is 0 Å². The molecular weight excluding hydrogens is 277 g/mol. The van der Waals surface area contributed by atoms with Crippen molar-refractivity contribution in [3.63, 3.8) is 0 Å². The number of anilines is 1. The topological polar surface area (TPSA) is 63.2 Å². The highest BCUT2D eigenvalue weighted by Crippen LogP contribution is 2.17. The van der Waals surface area contributed by atoms with Gasteiger partial charge < -0.3 is 10.1 Å². The largest absolute Gasteiger partial charge is 0.374 e. The number of hydrogen-bond acceptors (Lipinski definition) is 6. The smallest absolute Gasteiger partial charge is 0.245 e. The van der Waals surface area contributed by atoms with Gasteiger partial charge in [-0.15, -0.1) is 10.2 Å². The summed E-state index contributed by atoms with van der Waals surface area (Å²) in [5.74, 6) is 0.439. The van der Waals surface area contributed by atoms with Gasteiger partial charge >= 0.3 is 0 Å². The van der Waals surface area contributed by atoms with Crippen LogP contribution in [0.4, 0.5) is 5.82 Å². The first-order chi connectivity index (χ1) is 8.69. The predicted octanol–water partition coefficient (Wildman–Crippen LogP) is 1.31. The number of aromatic nitrogens is 3. The van der Waals surface area contributed by atoms with Crippen molar-refractivity contribution in [1.82, 2.24) is 20.1 Å². The fraction of sp³-hybridized carbons (Fsp3) is 0.700. The number of rotatable bonds is 4. The first kappa shape index (κ1) is 13.7. The van der Waals surface area contributed by atoms with E-state index >= 15 is 0 Å². The molecule has 1 aliphatic rings. The molecule has 18 heavy (non-hydrogen) atoms. The van der Waals surface area contributed by atoms with Crippen LogP contribution in [0.3, 0.4) is 0 Å². The Kier molecular flexibility index (Phi) is 4.94. The van der Waals surface area contributed by atoms with Gasteiger partial charge in [0, 0.05) is 19.6 Å². The molecule has 0 spiro atoms. The minimum absolute atomic E-state index is 0.0710. The second-order valence-electron chi connectivity index (χ2n) is 3.99. The molecule has 1 saturated heterocycles. The van der Waals surface area contributed by atoms with Crippen LogP contribution < -0.4 is 5.32 Å². The summed E-state index contributed by atoms with van der Waals surface area (Å²) in [5, 5.41) is 10.6. The molecule has 1 aromatic heterocycles. The molecular formula is C10H15Cl2N5O. The number of nitrogens with one attached hydrogen (secondary N) is 1. The third-order valence-corrected chi connectivity index (χ3v) is 3.20. The van der Waals surface area contributed by atoms with Crippen molar-refractivity contribution in [2.45, 2.75) is 13.0 Å². The van der Waals surface area contributed by atoms with Crippen molar-refractivity contribution in [1.29, 1.82) is 0 Å². The standard InChI is InChI=1S/C10H15Cl2N5O/c1-2-17-3-4-18-7(6-17)5-13-9-8(11)15-16-10(12)14-9/h7H,2-6H2,1H3,(H,13,14,16). The molecule has 1 unspecified atom stereocenters. The van der Waals surface area contributed by atoms with Crippen molar-refractivity contribution in [2.75, 3.05) is 38.1 Å².